The quantitative estimate of drug-likeness (QED) is 0.622. The smallest absolute Gasteiger partial charge is 0.175 e. The SMILES string of the molecule is CSc1nnc(SCC(=O)c2ccccc2)s1. The molecule has 2 aromatic rings. The lowest BCUT2D eigenvalue weighted by Gasteiger charge is -1.97. The molecule has 88 valence electrons. The van der Waals surface area contributed by atoms with Crippen LogP contribution in [0.1, 0.15) is 10.4 Å². The molecule has 0 fully saturated rings. The molecule has 0 spiro atoms. The molecule has 0 atom stereocenters. The Morgan fingerprint density at radius 1 is 1.24 bits per heavy atom. The van der Waals surface area contributed by atoms with Crippen molar-refractivity contribution in [3.8, 4) is 0 Å². The maximum absolute atomic E-state index is 11.8. The van der Waals surface area contributed by atoms with E-state index >= 15 is 0 Å². The highest BCUT2D eigenvalue weighted by atomic mass is 32.2. The van der Waals surface area contributed by atoms with Crippen molar-refractivity contribution >= 4 is 40.6 Å². The third kappa shape index (κ3) is 3.55. The summed E-state index contributed by atoms with van der Waals surface area (Å²) in [6.45, 7) is 0. The van der Waals surface area contributed by atoms with Gasteiger partial charge in [0.1, 0.15) is 0 Å². The van der Waals surface area contributed by atoms with Crippen molar-refractivity contribution in [3.63, 3.8) is 0 Å². The largest absolute Gasteiger partial charge is 0.293 e. The molecule has 2 rings (SSSR count). The van der Waals surface area contributed by atoms with E-state index in [1.807, 2.05) is 36.6 Å². The fourth-order valence-corrected chi connectivity index (χ4v) is 3.51. The highest BCUT2D eigenvalue weighted by Crippen LogP contribution is 2.27. The van der Waals surface area contributed by atoms with Crippen LogP contribution in [-0.2, 0) is 0 Å². The molecule has 1 aromatic heterocycles. The van der Waals surface area contributed by atoms with Crippen molar-refractivity contribution in [1.29, 1.82) is 0 Å². The molecule has 0 radical (unpaired) electrons. The monoisotopic (exact) mass is 282 g/mol. The van der Waals surface area contributed by atoms with Gasteiger partial charge in [0.2, 0.25) is 0 Å². The van der Waals surface area contributed by atoms with Crippen LogP contribution in [-0.4, -0.2) is 28.0 Å². The summed E-state index contributed by atoms with van der Waals surface area (Å²) in [5, 5.41) is 8.00. The van der Waals surface area contributed by atoms with Gasteiger partial charge in [-0.2, -0.15) is 0 Å². The van der Waals surface area contributed by atoms with E-state index in [0.29, 0.717) is 5.75 Å². The van der Waals surface area contributed by atoms with Crippen LogP contribution in [0.4, 0.5) is 0 Å². The molecule has 0 N–H and O–H groups in total. The number of hydrogen-bond donors (Lipinski definition) is 0. The first-order valence-electron chi connectivity index (χ1n) is 4.88. The Morgan fingerprint density at radius 2 is 1.94 bits per heavy atom. The minimum Gasteiger partial charge on any atom is -0.293 e. The molecular formula is C11H10N2OS3. The lowest BCUT2D eigenvalue weighted by Crippen LogP contribution is -2.01. The first kappa shape index (κ1) is 12.6. The molecule has 3 nitrogen and oxygen atoms in total. The highest BCUT2D eigenvalue weighted by Gasteiger charge is 2.09. The molecule has 0 bridgehead atoms. The summed E-state index contributed by atoms with van der Waals surface area (Å²) in [7, 11) is 0. The van der Waals surface area contributed by atoms with E-state index in [2.05, 4.69) is 10.2 Å². The molecule has 0 aliphatic rings. The van der Waals surface area contributed by atoms with Gasteiger partial charge in [-0.3, -0.25) is 4.79 Å². The van der Waals surface area contributed by atoms with E-state index in [0.717, 1.165) is 14.2 Å². The molecule has 1 heterocycles. The molecule has 1 aromatic carbocycles. The summed E-state index contributed by atoms with van der Waals surface area (Å²) in [4.78, 5) is 11.8. The van der Waals surface area contributed by atoms with Gasteiger partial charge in [-0.1, -0.05) is 65.2 Å². The van der Waals surface area contributed by atoms with E-state index in [1.54, 1.807) is 11.8 Å². The average molecular weight is 282 g/mol. The minimum absolute atomic E-state index is 0.122. The second-order valence-corrected chi connectivity index (χ2v) is 6.37. The summed E-state index contributed by atoms with van der Waals surface area (Å²) in [5.74, 6) is 0.532. The van der Waals surface area contributed by atoms with Crippen LogP contribution in [0.5, 0.6) is 0 Å². The number of aromatic nitrogens is 2. The Morgan fingerprint density at radius 3 is 2.59 bits per heavy atom. The highest BCUT2D eigenvalue weighted by molar-refractivity contribution is 8.03. The van der Waals surface area contributed by atoms with Crippen molar-refractivity contribution in [3.05, 3.63) is 35.9 Å². The van der Waals surface area contributed by atoms with Crippen LogP contribution >= 0.6 is 34.9 Å². The lowest BCUT2D eigenvalue weighted by molar-refractivity contribution is 0.102. The first-order chi connectivity index (χ1) is 8.29. The zero-order valence-corrected chi connectivity index (χ0v) is 11.6. The second-order valence-electron chi connectivity index (χ2n) is 3.12. The standard InChI is InChI=1S/C11H10N2OS3/c1-15-10-12-13-11(17-10)16-7-9(14)8-5-3-2-4-6-8/h2-6H,7H2,1H3. The maximum atomic E-state index is 11.8. The first-order valence-corrected chi connectivity index (χ1v) is 7.91. The topological polar surface area (TPSA) is 42.9 Å². The van der Waals surface area contributed by atoms with Crippen LogP contribution in [0.15, 0.2) is 39.0 Å². The number of carbonyl (C=O) groups is 1. The molecule has 0 saturated carbocycles. The van der Waals surface area contributed by atoms with E-state index in [-0.39, 0.29) is 5.78 Å². The number of carbonyl (C=O) groups excluding carboxylic acids is 1. The van der Waals surface area contributed by atoms with Gasteiger partial charge in [-0.05, 0) is 6.26 Å². The Balaban J connectivity index is 1.92. The zero-order valence-electron chi connectivity index (χ0n) is 9.12. The van der Waals surface area contributed by atoms with Gasteiger partial charge >= 0.3 is 0 Å². The van der Waals surface area contributed by atoms with E-state index < -0.39 is 0 Å². The summed E-state index contributed by atoms with van der Waals surface area (Å²) in [6, 6.07) is 9.30. The number of thioether (sulfide) groups is 2. The summed E-state index contributed by atoms with van der Waals surface area (Å²) >= 11 is 4.53. The van der Waals surface area contributed by atoms with Crippen LogP contribution in [0, 0.1) is 0 Å². The molecule has 0 amide bonds. The van der Waals surface area contributed by atoms with E-state index in [9.17, 15) is 4.79 Å². The average Bonchev–Trinajstić information content (AvgIpc) is 2.85. The molecule has 0 saturated heterocycles. The van der Waals surface area contributed by atoms with Gasteiger partial charge in [-0.15, -0.1) is 10.2 Å². The Hall–Kier alpha value is -0.850. The van der Waals surface area contributed by atoms with Crippen molar-refractivity contribution in [1.82, 2.24) is 10.2 Å². The summed E-state index contributed by atoms with van der Waals surface area (Å²) < 4.78 is 1.78. The lowest BCUT2D eigenvalue weighted by atomic mass is 10.2. The van der Waals surface area contributed by atoms with Gasteiger partial charge in [0.05, 0.1) is 5.75 Å². The number of hydrogen-bond acceptors (Lipinski definition) is 6. The zero-order chi connectivity index (χ0) is 12.1. The number of Topliss-reactive ketones (excluding diaryl/α,β-unsaturated/α-hetero) is 1. The van der Waals surface area contributed by atoms with Crippen LogP contribution in [0.25, 0.3) is 0 Å². The molecular weight excluding hydrogens is 272 g/mol. The fraction of sp³-hybridized carbons (Fsp3) is 0.182. The van der Waals surface area contributed by atoms with Crippen molar-refractivity contribution < 1.29 is 4.79 Å². The Bertz CT molecular complexity index is 498. The van der Waals surface area contributed by atoms with Crippen LogP contribution in [0.3, 0.4) is 0 Å². The predicted molar refractivity (Wildman–Crippen MR) is 73.2 cm³/mol. The molecule has 0 aliphatic carbocycles. The van der Waals surface area contributed by atoms with Gasteiger partial charge in [-0.25, -0.2) is 0 Å². The predicted octanol–water partition coefficient (Wildman–Crippen LogP) is 3.24. The minimum atomic E-state index is 0.122. The number of ketones is 1. The number of nitrogens with zero attached hydrogens (tertiary/aromatic N) is 2. The number of benzene rings is 1. The van der Waals surface area contributed by atoms with Gasteiger partial charge in [0.25, 0.3) is 0 Å². The van der Waals surface area contributed by atoms with Crippen molar-refractivity contribution in [2.75, 3.05) is 12.0 Å². The molecule has 6 heteroatoms. The van der Waals surface area contributed by atoms with Gasteiger partial charge in [0, 0.05) is 5.56 Å². The van der Waals surface area contributed by atoms with Gasteiger partial charge in [0.15, 0.2) is 14.5 Å². The molecule has 0 unspecified atom stereocenters. The van der Waals surface area contributed by atoms with E-state index in [1.165, 1.54) is 23.1 Å². The van der Waals surface area contributed by atoms with E-state index in [4.69, 9.17) is 0 Å². The van der Waals surface area contributed by atoms with Crippen LogP contribution < -0.4 is 0 Å². The molecule has 0 aliphatic heterocycles. The van der Waals surface area contributed by atoms with Gasteiger partial charge < -0.3 is 0 Å². The second kappa shape index (κ2) is 6.18. The third-order valence-electron chi connectivity index (χ3n) is 1.99. The van der Waals surface area contributed by atoms with Crippen LogP contribution in [0.2, 0.25) is 0 Å². The Kier molecular flexibility index (Phi) is 4.58. The number of rotatable bonds is 5. The summed E-state index contributed by atoms with van der Waals surface area (Å²) in [6.07, 6.45) is 1.96. The Labute approximate surface area is 112 Å². The summed E-state index contributed by atoms with van der Waals surface area (Å²) in [5.41, 5.74) is 0.745. The fourth-order valence-electron chi connectivity index (χ4n) is 1.17. The van der Waals surface area contributed by atoms with Crippen molar-refractivity contribution in [2.45, 2.75) is 8.68 Å². The normalized spacial score (nSPS) is 10.4. The van der Waals surface area contributed by atoms with Crippen molar-refractivity contribution in [2.24, 2.45) is 0 Å². The molecule has 17 heavy (non-hydrogen) atoms. The third-order valence-corrected chi connectivity index (χ3v) is 5.02. The maximum Gasteiger partial charge on any atom is 0.175 e.